The van der Waals surface area contributed by atoms with Crippen molar-refractivity contribution in [2.24, 2.45) is 5.41 Å². The maximum Gasteiger partial charge on any atom is 0.221 e. The summed E-state index contributed by atoms with van der Waals surface area (Å²) in [5.74, 6) is 0.723. The standard InChI is InChI=1S/C27H32Cl2N6O/c1-18(36)30-21-10-12-22(13-11-21)31-27(15-5-6-16-27)25-32-33-34-35(25)24(26(2,3)4)14-8-19-7-9-20(28)17-23(19)29/h7-14,17,24,31H,5-6,15-16H2,1-4H3,(H,30,36)/b14-8+/t24-/m1/s1. The Labute approximate surface area is 222 Å². The van der Waals surface area contributed by atoms with Crippen LogP contribution in [0, 0.1) is 5.41 Å². The molecule has 0 aliphatic heterocycles. The summed E-state index contributed by atoms with van der Waals surface area (Å²) in [7, 11) is 0. The van der Waals surface area contributed by atoms with Crippen LogP contribution in [0.1, 0.15) is 70.8 Å². The summed E-state index contributed by atoms with van der Waals surface area (Å²) in [6.07, 6.45) is 8.13. The second-order valence-electron chi connectivity index (χ2n) is 10.5. The number of aromatic nitrogens is 4. The lowest BCUT2D eigenvalue weighted by Gasteiger charge is -2.35. The number of carbonyl (C=O) groups is 1. The first-order chi connectivity index (χ1) is 17.1. The van der Waals surface area contributed by atoms with Gasteiger partial charge < -0.3 is 10.6 Å². The van der Waals surface area contributed by atoms with Crippen molar-refractivity contribution in [3.8, 4) is 0 Å². The molecule has 1 aliphatic rings. The van der Waals surface area contributed by atoms with Crippen molar-refractivity contribution in [2.45, 2.75) is 65.0 Å². The molecule has 1 fully saturated rings. The summed E-state index contributed by atoms with van der Waals surface area (Å²) in [6.45, 7) is 8.02. The van der Waals surface area contributed by atoms with E-state index >= 15 is 0 Å². The third kappa shape index (κ3) is 5.90. The Morgan fingerprint density at radius 2 is 1.75 bits per heavy atom. The normalized spacial score (nSPS) is 16.3. The third-order valence-electron chi connectivity index (χ3n) is 6.54. The van der Waals surface area contributed by atoms with Gasteiger partial charge in [-0.1, -0.05) is 75.0 Å². The SMILES string of the molecule is CC(=O)Nc1ccc(NC2(c3nnnn3[C@H](/C=C/c3ccc(Cl)cc3Cl)C(C)(C)C)CCCC2)cc1. The molecule has 0 bridgehead atoms. The summed E-state index contributed by atoms with van der Waals surface area (Å²) in [4.78, 5) is 11.4. The van der Waals surface area contributed by atoms with Crippen LogP contribution in [-0.2, 0) is 10.3 Å². The number of halogens is 2. The Morgan fingerprint density at radius 3 is 2.36 bits per heavy atom. The molecule has 1 saturated carbocycles. The Hall–Kier alpha value is -2.90. The molecule has 1 heterocycles. The van der Waals surface area contributed by atoms with Crippen molar-refractivity contribution in [2.75, 3.05) is 10.6 Å². The average molecular weight is 528 g/mol. The highest BCUT2D eigenvalue weighted by atomic mass is 35.5. The van der Waals surface area contributed by atoms with Gasteiger partial charge in [0.05, 0.1) is 11.6 Å². The largest absolute Gasteiger partial charge is 0.373 e. The molecule has 1 amide bonds. The molecule has 9 heteroatoms. The minimum Gasteiger partial charge on any atom is -0.373 e. The molecule has 0 radical (unpaired) electrons. The van der Waals surface area contributed by atoms with Crippen LogP contribution in [0.5, 0.6) is 0 Å². The van der Waals surface area contributed by atoms with E-state index in [2.05, 4.69) is 53.0 Å². The van der Waals surface area contributed by atoms with Crippen LogP contribution >= 0.6 is 23.2 Å². The van der Waals surface area contributed by atoms with Gasteiger partial charge >= 0.3 is 0 Å². The molecule has 0 saturated heterocycles. The summed E-state index contributed by atoms with van der Waals surface area (Å²) >= 11 is 12.5. The van der Waals surface area contributed by atoms with E-state index < -0.39 is 5.54 Å². The molecule has 3 aromatic rings. The predicted molar refractivity (Wildman–Crippen MR) is 146 cm³/mol. The minimum absolute atomic E-state index is 0.0942. The number of nitrogens with one attached hydrogen (secondary N) is 2. The van der Waals surface area contributed by atoms with Crippen LogP contribution in [0.25, 0.3) is 6.08 Å². The van der Waals surface area contributed by atoms with Gasteiger partial charge in [-0.05, 0) is 70.6 Å². The van der Waals surface area contributed by atoms with E-state index in [9.17, 15) is 4.79 Å². The number of nitrogens with zero attached hydrogens (tertiary/aromatic N) is 4. The van der Waals surface area contributed by atoms with E-state index in [4.69, 9.17) is 23.2 Å². The van der Waals surface area contributed by atoms with Crippen LogP contribution in [0.3, 0.4) is 0 Å². The molecular weight excluding hydrogens is 495 g/mol. The topological polar surface area (TPSA) is 84.7 Å². The van der Waals surface area contributed by atoms with Gasteiger partial charge in [-0.3, -0.25) is 4.79 Å². The highest BCUT2D eigenvalue weighted by Crippen LogP contribution is 2.43. The second kappa shape index (κ2) is 10.6. The molecule has 1 atom stereocenters. The number of tetrazole rings is 1. The van der Waals surface area contributed by atoms with Crippen LogP contribution in [0.4, 0.5) is 11.4 Å². The molecule has 2 N–H and O–H groups in total. The Balaban J connectivity index is 1.68. The van der Waals surface area contributed by atoms with E-state index in [0.29, 0.717) is 10.0 Å². The van der Waals surface area contributed by atoms with Crippen LogP contribution in [0.2, 0.25) is 10.0 Å². The van der Waals surface area contributed by atoms with Gasteiger partial charge in [-0.25, -0.2) is 4.68 Å². The smallest absolute Gasteiger partial charge is 0.221 e. The number of rotatable bonds is 7. The summed E-state index contributed by atoms with van der Waals surface area (Å²) in [5, 5.41) is 20.9. The summed E-state index contributed by atoms with van der Waals surface area (Å²) in [5.41, 5.74) is 2.04. The molecule has 0 spiro atoms. The number of anilines is 2. The zero-order valence-corrected chi connectivity index (χ0v) is 22.6. The second-order valence-corrected chi connectivity index (χ2v) is 11.3. The number of hydrogen-bond donors (Lipinski definition) is 2. The van der Waals surface area contributed by atoms with Gasteiger partial charge in [0, 0.05) is 28.3 Å². The van der Waals surface area contributed by atoms with Gasteiger partial charge in [0.15, 0.2) is 5.82 Å². The fourth-order valence-electron chi connectivity index (χ4n) is 4.76. The van der Waals surface area contributed by atoms with Gasteiger partial charge in [-0.15, -0.1) is 5.10 Å². The first kappa shape index (κ1) is 26.2. The lowest BCUT2D eigenvalue weighted by molar-refractivity contribution is -0.114. The van der Waals surface area contributed by atoms with Crippen molar-refractivity contribution >= 4 is 46.6 Å². The van der Waals surface area contributed by atoms with Crippen molar-refractivity contribution in [3.63, 3.8) is 0 Å². The Morgan fingerprint density at radius 1 is 1.08 bits per heavy atom. The molecule has 4 rings (SSSR count). The van der Waals surface area contributed by atoms with E-state index in [1.54, 1.807) is 6.07 Å². The van der Waals surface area contributed by atoms with Gasteiger partial charge in [0.25, 0.3) is 0 Å². The summed E-state index contributed by atoms with van der Waals surface area (Å²) in [6, 6.07) is 13.1. The molecule has 36 heavy (non-hydrogen) atoms. The van der Waals surface area contributed by atoms with Crippen molar-refractivity contribution in [1.82, 2.24) is 20.2 Å². The zero-order chi connectivity index (χ0) is 25.9. The molecule has 7 nitrogen and oxygen atoms in total. The van der Waals surface area contributed by atoms with Gasteiger partial charge in [-0.2, -0.15) is 0 Å². The fraction of sp³-hybridized carbons (Fsp3) is 0.407. The first-order valence-electron chi connectivity index (χ1n) is 12.1. The number of allylic oxidation sites excluding steroid dienone is 1. The van der Waals surface area contributed by atoms with Crippen LogP contribution in [0.15, 0.2) is 48.5 Å². The van der Waals surface area contributed by atoms with Crippen LogP contribution < -0.4 is 10.6 Å². The van der Waals surface area contributed by atoms with E-state index in [1.807, 2.05) is 47.2 Å². The van der Waals surface area contributed by atoms with Crippen molar-refractivity contribution < 1.29 is 4.79 Å². The third-order valence-corrected chi connectivity index (χ3v) is 7.10. The average Bonchev–Trinajstić information content (AvgIpc) is 3.46. The van der Waals surface area contributed by atoms with E-state index in [1.165, 1.54) is 6.92 Å². The Kier molecular flexibility index (Phi) is 7.71. The fourth-order valence-corrected chi connectivity index (χ4v) is 5.24. The first-order valence-corrected chi connectivity index (χ1v) is 12.9. The molecule has 2 aromatic carbocycles. The monoisotopic (exact) mass is 526 g/mol. The number of amides is 1. The lowest BCUT2D eigenvalue weighted by Crippen LogP contribution is -2.38. The quantitative estimate of drug-likeness (QED) is 0.342. The molecule has 1 aromatic heterocycles. The predicted octanol–water partition coefficient (Wildman–Crippen LogP) is 7.12. The molecular formula is C27H32Cl2N6O. The zero-order valence-electron chi connectivity index (χ0n) is 21.1. The number of hydrogen-bond acceptors (Lipinski definition) is 5. The lowest BCUT2D eigenvalue weighted by atomic mass is 9.85. The molecule has 0 unspecified atom stereocenters. The highest BCUT2D eigenvalue weighted by Gasteiger charge is 2.42. The maximum absolute atomic E-state index is 11.4. The molecule has 1 aliphatic carbocycles. The number of benzene rings is 2. The summed E-state index contributed by atoms with van der Waals surface area (Å²) < 4.78 is 1.95. The van der Waals surface area contributed by atoms with Crippen molar-refractivity contribution in [1.29, 1.82) is 0 Å². The molecule has 190 valence electrons. The van der Waals surface area contributed by atoms with Crippen molar-refractivity contribution in [3.05, 3.63) is 70.0 Å². The number of carbonyl (C=O) groups excluding carboxylic acids is 1. The van der Waals surface area contributed by atoms with Gasteiger partial charge in [0.2, 0.25) is 5.91 Å². The Bertz CT molecular complexity index is 1240. The van der Waals surface area contributed by atoms with E-state index in [0.717, 1.165) is 48.4 Å². The minimum atomic E-state index is -0.395. The highest BCUT2D eigenvalue weighted by molar-refractivity contribution is 6.35. The van der Waals surface area contributed by atoms with Crippen LogP contribution in [-0.4, -0.2) is 26.1 Å². The van der Waals surface area contributed by atoms with E-state index in [-0.39, 0.29) is 17.4 Å². The van der Waals surface area contributed by atoms with Gasteiger partial charge in [0.1, 0.15) is 0 Å². The maximum atomic E-state index is 11.4.